The van der Waals surface area contributed by atoms with E-state index in [1.165, 1.54) is 38.8 Å². The Kier molecular flexibility index (Phi) is 11.8. The Bertz CT molecular complexity index is 1340. The van der Waals surface area contributed by atoms with E-state index in [0.717, 1.165) is 42.1 Å². The summed E-state index contributed by atoms with van der Waals surface area (Å²) in [5.74, 6) is 0.216. The van der Waals surface area contributed by atoms with Gasteiger partial charge >= 0.3 is 0 Å². The van der Waals surface area contributed by atoms with Gasteiger partial charge in [0.05, 0.1) is 5.69 Å². The number of pyridine rings is 1. The van der Waals surface area contributed by atoms with E-state index in [2.05, 4.69) is 38.8 Å². The summed E-state index contributed by atoms with van der Waals surface area (Å²) in [6, 6.07) is 5.65. The molecule has 1 aromatic carbocycles. The molecule has 0 amide bonds. The highest BCUT2D eigenvalue weighted by molar-refractivity contribution is 6.30. The number of rotatable bonds is 15. The lowest BCUT2D eigenvalue weighted by molar-refractivity contribution is 0.256. The van der Waals surface area contributed by atoms with Crippen molar-refractivity contribution >= 4 is 42.5 Å². The highest BCUT2D eigenvalue weighted by Gasteiger charge is 2.43. The quantitative estimate of drug-likeness (QED) is 0.184. The van der Waals surface area contributed by atoms with E-state index in [0.29, 0.717) is 53.5 Å². The van der Waals surface area contributed by atoms with Gasteiger partial charge in [0.2, 0.25) is 0 Å². The van der Waals surface area contributed by atoms with Crippen molar-refractivity contribution in [1.29, 1.82) is 0 Å². The number of nitrogens with zero attached hydrogens (tertiary/aromatic N) is 4. The third-order valence-electron chi connectivity index (χ3n) is 8.16. The van der Waals surface area contributed by atoms with Crippen molar-refractivity contribution in [2.75, 3.05) is 46.3 Å². The molecule has 2 aliphatic rings. The summed E-state index contributed by atoms with van der Waals surface area (Å²) in [5, 5.41) is 8.82. The average molecular weight is 579 g/mol. The maximum absolute atomic E-state index is 15.9. The molecule has 0 radical (unpaired) electrons. The van der Waals surface area contributed by atoms with Crippen LogP contribution in [0.3, 0.4) is 0 Å². The molecule has 0 spiro atoms. The largest absolute Gasteiger partial charge is 0.318 e. The number of likely N-dealkylation sites (tertiary alicyclic amines) is 1. The molecule has 41 heavy (non-hydrogen) atoms. The van der Waals surface area contributed by atoms with E-state index in [4.69, 9.17) is 16.6 Å². The van der Waals surface area contributed by atoms with E-state index in [-0.39, 0.29) is 5.82 Å². The number of halogens is 2. The Morgan fingerprint density at radius 2 is 2.02 bits per heavy atom. The number of likely N-dealkylation sites (N-methyl/N-ethyl adjacent to an activating group) is 1. The summed E-state index contributed by atoms with van der Waals surface area (Å²) < 4.78 is 15.9. The molecular weight excluding hydrogens is 535 g/mol. The Morgan fingerprint density at radius 3 is 2.76 bits per heavy atom. The lowest BCUT2D eigenvalue weighted by Gasteiger charge is -2.22. The normalized spacial score (nSPS) is 17.5. The Labute approximate surface area is 249 Å². The smallest absolute Gasteiger partial charge is 0.170 e. The van der Waals surface area contributed by atoms with Gasteiger partial charge in [0.25, 0.3) is 0 Å². The van der Waals surface area contributed by atoms with Gasteiger partial charge < -0.3 is 15.5 Å². The molecule has 220 valence electrons. The van der Waals surface area contributed by atoms with Crippen molar-refractivity contribution in [2.24, 2.45) is 15.4 Å². The van der Waals surface area contributed by atoms with Crippen LogP contribution in [-0.2, 0) is 12.8 Å². The topological polar surface area (TPSA) is 64.9 Å². The third kappa shape index (κ3) is 9.14. The number of aliphatic imine (C=N–C) groups is 2. The van der Waals surface area contributed by atoms with E-state index in [1.807, 2.05) is 43.5 Å². The van der Waals surface area contributed by atoms with Crippen LogP contribution in [0.1, 0.15) is 49.8 Å². The molecule has 1 saturated carbocycles. The second-order valence-corrected chi connectivity index (χ2v) is 11.7. The van der Waals surface area contributed by atoms with Gasteiger partial charge in [-0.25, -0.2) is 14.4 Å². The zero-order valence-electron chi connectivity index (χ0n) is 24.4. The summed E-state index contributed by atoms with van der Waals surface area (Å²) in [4.78, 5) is 16.1. The fourth-order valence-corrected chi connectivity index (χ4v) is 5.58. The van der Waals surface area contributed by atoms with E-state index in [9.17, 15) is 0 Å². The number of allylic oxidation sites excluding steroid dienone is 2. The minimum absolute atomic E-state index is 0.337. The van der Waals surface area contributed by atoms with Crippen LogP contribution in [0.5, 0.6) is 0 Å². The van der Waals surface area contributed by atoms with Crippen LogP contribution < -0.4 is 21.1 Å². The zero-order chi connectivity index (χ0) is 29.1. The second kappa shape index (κ2) is 15.5. The summed E-state index contributed by atoms with van der Waals surface area (Å²) >= 11 is 6.18. The zero-order valence-corrected chi connectivity index (χ0v) is 25.2. The molecule has 1 aromatic heterocycles. The van der Waals surface area contributed by atoms with Crippen molar-refractivity contribution in [3.8, 4) is 0 Å². The second-order valence-electron chi connectivity index (χ2n) is 11.3. The monoisotopic (exact) mass is 578 g/mol. The Hall–Kier alpha value is -2.71. The van der Waals surface area contributed by atoms with Crippen LogP contribution in [0.4, 0.5) is 10.1 Å². The molecule has 8 heteroatoms. The van der Waals surface area contributed by atoms with Gasteiger partial charge in [0.1, 0.15) is 11.5 Å². The molecule has 4 rings (SSSR count). The maximum Gasteiger partial charge on any atom is 0.170 e. The molecule has 0 bridgehead atoms. The predicted octanol–water partition coefficient (Wildman–Crippen LogP) is 4.60. The highest BCUT2D eigenvalue weighted by Crippen LogP contribution is 2.50. The van der Waals surface area contributed by atoms with Gasteiger partial charge in [-0.1, -0.05) is 48.5 Å². The van der Waals surface area contributed by atoms with Crippen molar-refractivity contribution in [3.63, 3.8) is 0 Å². The van der Waals surface area contributed by atoms with E-state index in [1.54, 1.807) is 6.20 Å². The van der Waals surface area contributed by atoms with Gasteiger partial charge in [0, 0.05) is 49.3 Å². The number of hydrogen-bond donors (Lipinski definition) is 2. The van der Waals surface area contributed by atoms with Crippen LogP contribution in [0, 0.1) is 11.2 Å². The Balaban J connectivity index is 1.51. The number of hydrogen-bond acceptors (Lipinski definition) is 5. The minimum Gasteiger partial charge on any atom is -0.318 e. The average Bonchev–Trinajstić information content (AvgIpc) is 3.54. The van der Waals surface area contributed by atoms with Crippen LogP contribution in [0.25, 0.3) is 12.7 Å². The predicted molar refractivity (Wildman–Crippen MR) is 171 cm³/mol. The number of aromatic nitrogens is 1. The van der Waals surface area contributed by atoms with E-state index < -0.39 is 0 Å². The van der Waals surface area contributed by atoms with Crippen LogP contribution in [-0.4, -0.2) is 68.8 Å². The summed E-state index contributed by atoms with van der Waals surface area (Å²) in [6.07, 6.45) is 15.2. The van der Waals surface area contributed by atoms with Gasteiger partial charge in [-0.2, -0.15) is 0 Å². The molecule has 2 heterocycles. The van der Waals surface area contributed by atoms with Crippen molar-refractivity contribution in [2.45, 2.75) is 51.4 Å². The number of nitrogens with one attached hydrogen (secondary N) is 2. The molecule has 1 saturated heterocycles. The minimum atomic E-state index is -0.387. The van der Waals surface area contributed by atoms with Crippen molar-refractivity contribution in [3.05, 3.63) is 69.1 Å². The van der Waals surface area contributed by atoms with Gasteiger partial charge in [0.15, 0.2) is 5.82 Å². The molecule has 0 atom stereocenters. The van der Waals surface area contributed by atoms with Crippen LogP contribution in [0.2, 0.25) is 5.02 Å². The molecular formula is C33H44ClFN6. The number of benzene rings is 1. The van der Waals surface area contributed by atoms with Crippen LogP contribution in [0.15, 0.2) is 46.5 Å². The molecule has 2 aromatic rings. The van der Waals surface area contributed by atoms with Crippen molar-refractivity contribution < 1.29 is 4.39 Å². The Morgan fingerprint density at radius 1 is 1.22 bits per heavy atom. The summed E-state index contributed by atoms with van der Waals surface area (Å²) in [5.41, 5.74) is 1.83. The lowest BCUT2D eigenvalue weighted by Crippen LogP contribution is -2.28. The number of amidine groups is 1. The van der Waals surface area contributed by atoms with Crippen molar-refractivity contribution in [1.82, 2.24) is 20.5 Å². The standard InChI is InChI=1S/C33H44ClFN6/c1-25-26(10-8-11-28(25)34)9-4-5-12-29-31(35)32(27(23-39-29)14-18-38-20-19-36-2)40-30(37-3)13-15-33(16-17-33)24-41-21-6-7-22-41/h4-5,8-11,23,36,38H,1,3,6-7,12-22,24H2,2H3/b5-4-,26-9-,40-30?. The van der Waals surface area contributed by atoms with Gasteiger partial charge in [-0.3, -0.25) is 4.98 Å². The maximum atomic E-state index is 15.9. The summed E-state index contributed by atoms with van der Waals surface area (Å²) in [6.45, 7) is 13.8. The fraction of sp³-hybridized carbons (Fsp3) is 0.485. The first-order valence-electron chi connectivity index (χ1n) is 14.8. The lowest BCUT2D eigenvalue weighted by atomic mass is 9.99. The molecule has 0 unspecified atom stereocenters. The third-order valence-corrected chi connectivity index (χ3v) is 8.51. The molecule has 1 aliphatic heterocycles. The molecule has 6 nitrogen and oxygen atoms in total. The van der Waals surface area contributed by atoms with Crippen LogP contribution >= 0.6 is 11.6 Å². The first kappa shape index (κ1) is 31.2. The van der Waals surface area contributed by atoms with Gasteiger partial charge in [-0.05, 0) is 93.8 Å². The van der Waals surface area contributed by atoms with Gasteiger partial charge in [-0.15, -0.1) is 0 Å². The SMILES string of the molecule is C=NC(CCC1(CN2CCCC2)CC1)=Nc1c(CCNCCNC)cnc(C/C=C\C=c2\cccc(Cl)c2=C)c1F. The molecule has 1 aliphatic carbocycles. The first-order valence-corrected chi connectivity index (χ1v) is 15.2. The first-order chi connectivity index (χ1) is 19.9. The molecule has 2 N–H and O–H groups in total. The summed E-state index contributed by atoms with van der Waals surface area (Å²) in [7, 11) is 1.92. The molecule has 2 fully saturated rings. The fourth-order valence-electron chi connectivity index (χ4n) is 5.40. The highest BCUT2D eigenvalue weighted by atomic mass is 35.5. The van der Waals surface area contributed by atoms with E-state index >= 15 is 4.39 Å².